The lowest BCUT2D eigenvalue weighted by atomic mass is 10.1. The van der Waals surface area contributed by atoms with E-state index in [1.165, 1.54) is 16.4 Å². The molecule has 1 amide bonds. The van der Waals surface area contributed by atoms with Crippen LogP contribution in [0.3, 0.4) is 0 Å². The van der Waals surface area contributed by atoms with Crippen LogP contribution in [0.5, 0.6) is 0 Å². The first kappa shape index (κ1) is 19.1. The van der Waals surface area contributed by atoms with E-state index < -0.39 is 10.0 Å². The third-order valence-corrected chi connectivity index (χ3v) is 7.11. The van der Waals surface area contributed by atoms with Gasteiger partial charge in [-0.3, -0.25) is 4.79 Å². The molecular weight excluding hydrogens is 416 g/mol. The maximum absolute atomic E-state index is 12.8. The van der Waals surface area contributed by atoms with Crippen molar-refractivity contribution < 1.29 is 13.2 Å². The van der Waals surface area contributed by atoms with E-state index in [4.69, 9.17) is 0 Å². The van der Waals surface area contributed by atoms with Crippen LogP contribution in [0.15, 0.2) is 45.8 Å². The van der Waals surface area contributed by atoms with E-state index in [9.17, 15) is 13.2 Å². The molecule has 0 saturated carbocycles. The lowest BCUT2D eigenvalue weighted by molar-refractivity contribution is 0.102. The van der Waals surface area contributed by atoms with Crippen LogP contribution in [-0.4, -0.2) is 31.7 Å². The van der Waals surface area contributed by atoms with Gasteiger partial charge in [0.2, 0.25) is 10.0 Å². The molecule has 3 rings (SSSR count). The van der Waals surface area contributed by atoms with Crippen LogP contribution in [0.1, 0.15) is 34.3 Å². The van der Waals surface area contributed by atoms with E-state index in [0.29, 0.717) is 23.1 Å². The highest BCUT2D eigenvalue weighted by Crippen LogP contribution is 2.27. The van der Waals surface area contributed by atoms with Crippen molar-refractivity contribution in [2.45, 2.75) is 31.6 Å². The predicted octanol–water partition coefficient (Wildman–Crippen LogP) is 4.10. The lowest BCUT2D eigenvalue weighted by Gasteiger charge is -2.17. The Morgan fingerprint density at radius 1 is 1.08 bits per heavy atom. The summed E-state index contributed by atoms with van der Waals surface area (Å²) >= 11 is 3.36. The monoisotopic (exact) mass is 436 g/mol. The summed E-state index contributed by atoms with van der Waals surface area (Å²) in [5, 5.41) is 2.88. The van der Waals surface area contributed by atoms with E-state index in [-0.39, 0.29) is 10.8 Å². The quantitative estimate of drug-likeness (QED) is 0.783. The van der Waals surface area contributed by atoms with Crippen molar-refractivity contribution in [2.75, 3.05) is 18.4 Å². The first-order valence-electron chi connectivity index (χ1n) is 8.47. The second kappa shape index (κ2) is 7.50. The Hall–Kier alpha value is -1.70. The Balaban J connectivity index is 1.92. The number of hydrogen-bond donors (Lipinski definition) is 1. The summed E-state index contributed by atoms with van der Waals surface area (Å²) in [6, 6.07) is 10.4. The molecule has 1 fully saturated rings. The van der Waals surface area contributed by atoms with Gasteiger partial charge in [0.05, 0.1) is 10.5 Å². The zero-order valence-electron chi connectivity index (χ0n) is 14.8. The molecule has 138 valence electrons. The maximum atomic E-state index is 12.8. The minimum Gasteiger partial charge on any atom is -0.322 e. The van der Waals surface area contributed by atoms with E-state index in [0.717, 1.165) is 29.7 Å². The Bertz CT molecular complexity index is 951. The minimum absolute atomic E-state index is 0.147. The van der Waals surface area contributed by atoms with Crippen molar-refractivity contribution in [1.29, 1.82) is 0 Å². The molecule has 0 aliphatic carbocycles. The van der Waals surface area contributed by atoms with Crippen molar-refractivity contribution in [3.8, 4) is 0 Å². The molecule has 0 unspecified atom stereocenters. The molecule has 26 heavy (non-hydrogen) atoms. The first-order chi connectivity index (χ1) is 12.3. The molecule has 1 saturated heterocycles. The summed E-state index contributed by atoms with van der Waals surface area (Å²) < 4.78 is 27.5. The summed E-state index contributed by atoms with van der Waals surface area (Å²) in [6.45, 7) is 4.93. The van der Waals surface area contributed by atoms with Crippen LogP contribution < -0.4 is 5.32 Å². The fourth-order valence-corrected chi connectivity index (χ4v) is 4.95. The SMILES string of the molecule is Cc1ccc(C)c(NC(=O)c2cc(S(=O)(=O)N3CCCC3)ccc2Br)c1. The average Bonchev–Trinajstić information content (AvgIpc) is 3.13. The molecule has 2 aromatic rings. The molecule has 1 N–H and O–H groups in total. The molecule has 7 heteroatoms. The Kier molecular flexibility index (Phi) is 5.50. The predicted molar refractivity (Wildman–Crippen MR) is 106 cm³/mol. The number of benzene rings is 2. The molecule has 0 atom stereocenters. The van der Waals surface area contributed by atoms with Crippen molar-refractivity contribution in [2.24, 2.45) is 0 Å². The normalized spacial score (nSPS) is 15.2. The summed E-state index contributed by atoms with van der Waals surface area (Å²) in [5.41, 5.74) is 3.00. The van der Waals surface area contributed by atoms with Crippen molar-refractivity contribution in [3.05, 3.63) is 57.6 Å². The van der Waals surface area contributed by atoms with Gasteiger partial charge in [0.15, 0.2) is 0 Å². The number of nitrogens with zero attached hydrogens (tertiary/aromatic N) is 1. The third-order valence-electron chi connectivity index (χ3n) is 4.53. The van der Waals surface area contributed by atoms with Gasteiger partial charge in [-0.25, -0.2) is 8.42 Å². The Morgan fingerprint density at radius 3 is 2.46 bits per heavy atom. The molecule has 1 heterocycles. The topological polar surface area (TPSA) is 66.5 Å². The maximum Gasteiger partial charge on any atom is 0.256 e. The molecule has 0 radical (unpaired) electrons. The van der Waals surface area contributed by atoms with E-state index in [2.05, 4.69) is 21.2 Å². The van der Waals surface area contributed by atoms with Gasteiger partial charge in [-0.1, -0.05) is 12.1 Å². The van der Waals surface area contributed by atoms with Crippen LogP contribution in [0.25, 0.3) is 0 Å². The third kappa shape index (κ3) is 3.84. The molecule has 0 bridgehead atoms. The van der Waals surface area contributed by atoms with Gasteiger partial charge in [0, 0.05) is 23.2 Å². The molecule has 0 aromatic heterocycles. The van der Waals surface area contributed by atoms with E-state index >= 15 is 0 Å². The minimum atomic E-state index is -3.57. The summed E-state index contributed by atoms with van der Waals surface area (Å²) in [5.74, 6) is -0.343. The Morgan fingerprint density at radius 2 is 1.77 bits per heavy atom. The fraction of sp³-hybridized carbons (Fsp3) is 0.316. The summed E-state index contributed by atoms with van der Waals surface area (Å²) in [4.78, 5) is 12.9. The lowest BCUT2D eigenvalue weighted by Crippen LogP contribution is -2.28. The van der Waals surface area contributed by atoms with Gasteiger partial charge >= 0.3 is 0 Å². The number of anilines is 1. The van der Waals surface area contributed by atoms with Gasteiger partial charge in [-0.2, -0.15) is 4.31 Å². The number of aryl methyl sites for hydroxylation is 2. The van der Waals surface area contributed by atoms with Crippen molar-refractivity contribution in [1.82, 2.24) is 4.31 Å². The smallest absolute Gasteiger partial charge is 0.256 e. The largest absolute Gasteiger partial charge is 0.322 e. The number of carbonyl (C=O) groups excluding carboxylic acids is 1. The van der Waals surface area contributed by atoms with E-state index in [1.807, 2.05) is 32.0 Å². The zero-order chi connectivity index (χ0) is 18.9. The second-order valence-electron chi connectivity index (χ2n) is 6.53. The number of rotatable bonds is 4. The molecule has 0 spiro atoms. The number of hydrogen-bond acceptors (Lipinski definition) is 3. The molecule has 2 aromatic carbocycles. The molecule has 5 nitrogen and oxygen atoms in total. The number of carbonyl (C=O) groups is 1. The van der Waals surface area contributed by atoms with Crippen LogP contribution in [0.4, 0.5) is 5.69 Å². The van der Waals surface area contributed by atoms with Crippen LogP contribution in [-0.2, 0) is 10.0 Å². The number of nitrogens with one attached hydrogen (secondary N) is 1. The molecular formula is C19H21BrN2O3S. The summed E-state index contributed by atoms with van der Waals surface area (Å²) in [6.07, 6.45) is 1.74. The average molecular weight is 437 g/mol. The highest BCUT2D eigenvalue weighted by molar-refractivity contribution is 9.10. The zero-order valence-corrected chi connectivity index (χ0v) is 17.2. The van der Waals surface area contributed by atoms with Gasteiger partial charge in [0.1, 0.15) is 0 Å². The Labute approximate surface area is 162 Å². The van der Waals surface area contributed by atoms with Crippen LogP contribution in [0, 0.1) is 13.8 Å². The van der Waals surface area contributed by atoms with Crippen LogP contribution in [0.2, 0.25) is 0 Å². The van der Waals surface area contributed by atoms with Crippen molar-refractivity contribution in [3.63, 3.8) is 0 Å². The molecule has 1 aliphatic heterocycles. The van der Waals surface area contributed by atoms with Gasteiger partial charge < -0.3 is 5.32 Å². The highest BCUT2D eigenvalue weighted by Gasteiger charge is 2.28. The summed E-state index contributed by atoms with van der Waals surface area (Å²) in [7, 11) is -3.57. The van der Waals surface area contributed by atoms with Gasteiger partial charge in [0.25, 0.3) is 5.91 Å². The standard InChI is InChI=1S/C19H21BrN2O3S/c1-13-5-6-14(2)18(11-13)21-19(23)16-12-15(7-8-17(16)20)26(24,25)22-9-3-4-10-22/h5-8,11-12H,3-4,9-10H2,1-2H3,(H,21,23). The fourth-order valence-electron chi connectivity index (χ4n) is 2.98. The number of sulfonamides is 1. The second-order valence-corrected chi connectivity index (χ2v) is 9.32. The van der Waals surface area contributed by atoms with E-state index in [1.54, 1.807) is 6.07 Å². The first-order valence-corrected chi connectivity index (χ1v) is 10.7. The van der Waals surface area contributed by atoms with Gasteiger partial charge in [-0.15, -0.1) is 0 Å². The number of amides is 1. The molecule has 1 aliphatic rings. The van der Waals surface area contributed by atoms with Gasteiger partial charge in [-0.05, 0) is 78.0 Å². The van der Waals surface area contributed by atoms with Crippen molar-refractivity contribution >= 4 is 37.5 Å². The van der Waals surface area contributed by atoms with Crippen LogP contribution >= 0.6 is 15.9 Å². The number of halogens is 1. The highest BCUT2D eigenvalue weighted by atomic mass is 79.9.